The number of hydrogen-bond acceptors (Lipinski definition) is 4. The highest BCUT2D eigenvalue weighted by Crippen LogP contribution is 2.22. The van der Waals surface area contributed by atoms with Crippen molar-refractivity contribution in [2.24, 2.45) is 0 Å². The highest BCUT2D eigenvalue weighted by atomic mass is 16.5. The number of benzene rings is 2. The number of hydrogen-bond donors (Lipinski definition) is 3. The molecule has 0 fully saturated rings. The smallest absolute Gasteiger partial charge is 0.324 e. The first-order valence-electron chi connectivity index (χ1n) is 7.58. The molecule has 0 unspecified atom stereocenters. The van der Waals surface area contributed by atoms with Gasteiger partial charge in [-0.1, -0.05) is 35.5 Å². The van der Waals surface area contributed by atoms with E-state index in [4.69, 9.17) is 4.52 Å². The largest absolute Gasteiger partial charge is 0.354 e. The zero-order valence-electron chi connectivity index (χ0n) is 13.4. The summed E-state index contributed by atoms with van der Waals surface area (Å²) in [4.78, 5) is 23.0. The summed E-state index contributed by atoms with van der Waals surface area (Å²) >= 11 is 0. The lowest BCUT2D eigenvalue weighted by Gasteiger charge is -2.06. The number of anilines is 3. The van der Waals surface area contributed by atoms with Crippen molar-refractivity contribution < 1.29 is 14.1 Å². The summed E-state index contributed by atoms with van der Waals surface area (Å²) in [7, 11) is 0. The molecular formula is C18H16N4O3. The fourth-order valence-electron chi connectivity index (χ4n) is 2.19. The van der Waals surface area contributed by atoms with Crippen molar-refractivity contribution in [3.63, 3.8) is 0 Å². The standard InChI is InChI=1S/C18H16N4O3/c1-12(23)19-14-7-9-15(10-8-14)20-18(24)21-17-11-16(25-22-17)13-5-3-2-4-6-13/h2-11H,1H3,(H,19,23)(H2,20,21,22,24). The van der Waals surface area contributed by atoms with Gasteiger partial charge < -0.3 is 15.2 Å². The summed E-state index contributed by atoms with van der Waals surface area (Å²) in [5, 5.41) is 11.8. The second kappa shape index (κ2) is 7.31. The Morgan fingerprint density at radius 1 is 0.880 bits per heavy atom. The summed E-state index contributed by atoms with van der Waals surface area (Å²) in [6.07, 6.45) is 0. The van der Waals surface area contributed by atoms with Gasteiger partial charge in [0.2, 0.25) is 5.91 Å². The molecule has 0 aliphatic heterocycles. The van der Waals surface area contributed by atoms with Crippen LogP contribution in [0.1, 0.15) is 6.92 Å². The number of nitrogens with one attached hydrogen (secondary N) is 3. The zero-order valence-corrected chi connectivity index (χ0v) is 13.4. The highest BCUT2D eigenvalue weighted by molar-refractivity contribution is 5.99. The van der Waals surface area contributed by atoms with Crippen LogP contribution in [-0.2, 0) is 4.79 Å². The summed E-state index contributed by atoms with van der Waals surface area (Å²) in [6, 6.07) is 17.4. The van der Waals surface area contributed by atoms with Crippen LogP contribution in [-0.4, -0.2) is 17.1 Å². The molecule has 3 N–H and O–H groups in total. The van der Waals surface area contributed by atoms with Gasteiger partial charge in [0.15, 0.2) is 11.6 Å². The number of aromatic nitrogens is 1. The lowest BCUT2D eigenvalue weighted by molar-refractivity contribution is -0.114. The first-order chi connectivity index (χ1) is 12.1. The maximum absolute atomic E-state index is 12.0. The SMILES string of the molecule is CC(=O)Nc1ccc(NC(=O)Nc2cc(-c3ccccc3)on2)cc1. The van der Waals surface area contributed by atoms with E-state index in [-0.39, 0.29) is 5.91 Å². The maximum atomic E-state index is 12.0. The van der Waals surface area contributed by atoms with Crippen molar-refractivity contribution >= 4 is 29.1 Å². The lowest BCUT2D eigenvalue weighted by Crippen LogP contribution is -2.19. The Morgan fingerprint density at radius 3 is 2.16 bits per heavy atom. The van der Waals surface area contributed by atoms with Crippen LogP contribution in [0.2, 0.25) is 0 Å². The van der Waals surface area contributed by atoms with Crippen molar-refractivity contribution in [2.45, 2.75) is 6.92 Å². The second-order valence-corrected chi connectivity index (χ2v) is 5.28. The van der Waals surface area contributed by atoms with E-state index in [2.05, 4.69) is 21.1 Å². The van der Waals surface area contributed by atoms with E-state index in [1.54, 1.807) is 30.3 Å². The number of urea groups is 1. The molecule has 0 saturated carbocycles. The lowest BCUT2D eigenvalue weighted by atomic mass is 10.2. The van der Waals surface area contributed by atoms with E-state index >= 15 is 0 Å². The van der Waals surface area contributed by atoms with Gasteiger partial charge in [-0.05, 0) is 24.3 Å². The molecule has 0 radical (unpaired) electrons. The van der Waals surface area contributed by atoms with E-state index in [0.717, 1.165) is 5.56 Å². The fourth-order valence-corrected chi connectivity index (χ4v) is 2.19. The van der Waals surface area contributed by atoms with Crippen LogP contribution in [0.15, 0.2) is 65.2 Å². The first kappa shape index (κ1) is 16.3. The van der Waals surface area contributed by atoms with Gasteiger partial charge in [0.1, 0.15) is 0 Å². The number of carbonyl (C=O) groups is 2. The Hall–Kier alpha value is -3.61. The van der Waals surface area contributed by atoms with Crippen molar-refractivity contribution in [3.05, 3.63) is 60.7 Å². The van der Waals surface area contributed by atoms with Crippen molar-refractivity contribution in [2.75, 3.05) is 16.0 Å². The first-order valence-corrected chi connectivity index (χ1v) is 7.58. The molecule has 1 heterocycles. The molecule has 0 spiro atoms. The molecule has 7 heteroatoms. The molecular weight excluding hydrogens is 320 g/mol. The van der Waals surface area contributed by atoms with Gasteiger partial charge in [-0.25, -0.2) is 4.79 Å². The molecule has 3 aromatic rings. The van der Waals surface area contributed by atoms with Gasteiger partial charge in [0.25, 0.3) is 0 Å². The van der Waals surface area contributed by atoms with E-state index in [9.17, 15) is 9.59 Å². The van der Waals surface area contributed by atoms with E-state index < -0.39 is 6.03 Å². The molecule has 3 amide bonds. The zero-order chi connectivity index (χ0) is 17.6. The average molecular weight is 336 g/mol. The minimum atomic E-state index is -0.444. The third-order valence-electron chi connectivity index (χ3n) is 3.27. The number of rotatable bonds is 4. The molecule has 0 aliphatic rings. The van der Waals surface area contributed by atoms with Crippen molar-refractivity contribution in [1.82, 2.24) is 5.16 Å². The number of amides is 3. The molecule has 0 bridgehead atoms. The Morgan fingerprint density at radius 2 is 1.52 bits per heavy atom. The summed E-state index contributed by atoms with van der Waals surface area (Å²) in [5.41, 5.74) is 2.11. The monoisotopic (exact) mass is 336 g/mol. The van der Waals surface area contributed by atoms with E-state index in [1.807, 2.05) is 30.3 Å². The van der Waals surface area contributed by atoms with Gasteiger partial charge in [0.05, 0.1) is 0 Å². The summed E-state index contributed by atoms with van der Waals surface area (Å²) in [5.74, 6) is 0.723. The maximum Gasteiger partial charge on any atom is 0.324 e. The van der Waals surface area contributed by atoms with Gasteiger partial charge in [-0.3, -0.25) is 10.1 Å². The van der Waals surface area contributed by atoms with Gasteiger partial charge in [-0.2, -0.15) is 0 Å². The van der Waals surface area contributed by atoms with Crippen LogP contribution >= 0.6 is 0 Å². The van der Waals surface area contributed by atoms with Gasteiger partial charge in [0, 0.05) is 29.9 Å². The van der Waals surface area contributed by atoms with Crippen LogP contribution in [0.25, 0.3) is 11.3 Å². The van der Waals surface area contributed by atoms with Crippen molar-refractivity contribution in [1.29, 1.82) is 0 Å². The summed E-state index contributed by atoms with van der Waals surface area (Å²) < 4.78 is 5.22. The molecule has 0 saturated heterocycles. The Balaban J connectivity index is 1.59. The number of carbonyl (C=O) groups excluding carboxylic acids is 2. The highest BCUT2D eigenvalue weighted by Gasteiger charge is 2.09. The molecule has 7 nitrogen and oxygen atoms in total. The normalized spacial score (nSPS) is 10.1. The van der Waals surface area contributed by atoms with Crippen LogP contribution in [0.4, 0.5) is 22.0 Å². The minimum Gasteiger partial charge on any atom is -0.354 e. The molecule has 3 rings (SSSR count). The molecule has 25 heavy (non-hydrogen) atoms. The van der Waals surface area contributed by atoms with Crippen LogP contribution in [0.5, 0.6) is 0 Å². The van der Waals surface area contributed by atoms with Crippen LogP contribution in [0.3, 0.4) is 0 Å². The fraction of sp³-hybridized carbons (Fsp3) is 0.0556. The third kappa shape index (κ3) is 4.44. The number of nitrogens with zero attached hydrogens (tertiary/aromatic N) is 1. The molecule has 1 aromatic heterocycles. The Bertz CT molecular complexity index is 873. The molecule has 0 atom stereocenters. The minimum absolute atomic E-state index is 0.154. The Kier molecular flexibility index (Phi) is 4.75. The van der Waals surface area contributed by atoms with Gasteiger partial charge >= 0.3 is 6.03 Å². The van der Waals surface area contributed by atoms with E-state index in [0.29, 0.717) is 23.0 Å². The summed E-state index contributed by atoms with van der Waals surface area (Å²) in [6.45, 7) is 1.43. The Labute approximate surface area is 144 Å². The predicted molar refractivity (Wildman–Crippen MR) is 95.3 cm³/mol. The van der Waals surface area contributed by atoms with E-state index in [1.165, 1.54) is 6.92 Å². The molecule has 2 aromatic carbocycles. The predicted octanol–water partition coefficient (Wildman–Crippen LogP) is 3.94. The quantitative estimate of drug-likeness (QED) is 0.672. The molecule has 126 valence electrons. The topological polar surface area (TPSA) is 96.3 Å². The second-order valence-electron chi connectivity index (χ2n) is 5.28. The van der Waals surface area contributed by atoms with Crippen LogP contribution in [0, 0.1) is 0 Å². The van der Waals surface area contributed by atoms with Crippen LogP contribution < -0.4 is 16.0 Å². The molecule has 0 aliphatic carbocycles. The average Bonchev–Trinajstić information content (AvgIpc) is 3.05. The van der Waals surface area contributed by atoms with Gasteiger partial charge in [-0.15, -0.1) is 0 Å². The third-order valence-corrected chi connectivity index (χ3v) is 3.27. The van der Waals surface area contributed by atoms with Crippen molar-refractivity contribution in [3.8, 4) is 11.3 Å².